The number of aryl methyl sites for hydroxylation is 1. The number of thioether (sulfide) groups is 1. The molecular weight excluding hydrogens is 500 g/mol. The maximum absolute atomic E-state index is 13.6. The fraction of sp³-hybridized carbons (Fsp3) is 0.367. The molecular formula is C30H34N2O5S. The second kappa shape index (κ2) is 13.4. The van der Waals surface area contributed by atoms with Crippen LogP contribution in [-0.4, -0.2) is 65.4 Å². The lowest BCUT2D eigenvalue weighted by molar-refractivity contribution is -0.146. The average Bonchev–Trinajstić information content (AvgIpc) is 3.08. The number of carbonyl (C=O) groups is 3. The summed E-state index contributed by atoms with van der Waals surface area (Å²) in [7, 11) is 0. The standard InChI is InChI=1S/C30H34N2O5S/c1-2-37-30(36)25(15-12-21-8-4-3-5-9-21)31-26-20-38-27(19-32(29(26)35)17-16-28(33)34)24-14-13-22-10-6-7-11-23(22)18-24/h3-11,13-14,18,25-27,31H,2,12,15-17,19-20H2,1H3,(H,33,34). The topological polar surface area (TPSA) is 95.9 Å². The number of fused-ring (bicyclic) bond motifs is 1. The molecule has 0 aromatic heterocycles. The molecule has 7 nitrogen and oxygen atoms in total. The Hall–Kier alpha value is -3.36. The van der Waals surface area contributed by atoms with Gasteiger partial charge in [-0.25, -0.2) is 0 Å². The summed E-state index contributed by atoms with van der Waals surface area (Å²) in [6.07, 6.45) is 1.01. The summed E-state index contributed by atoms with van der Waals surface area (Å²) in [5.74, 6) is -1.06. The molecule has 3 aromatic carbocycles. The molecule has 200 valence electrons. The van der Waals surface area contributed by atoms with E-state index in [4.69, 9.17) is 4.74 Å². The van der Waals surface area contributed by atoms with Crippen molar-refractivity contribution in [2.24, 2.45) is 0 Å². The fourth-order valence-electron chi connectivity index (χ4n) is 4.72. The maximum atomic E-state index is 13.6. The second-order valence-electron chi connectivity index (χ2n) is 9.40. The number of hydrogen-bond acceptors (Lipinski definition) is 6. The number of rotatable bonds is 11. The van der Waals surface area contributed by atoms with Gasteiger partial charge in [-0.3, -0.25) is 19.7 Å². The Morgan fingerprint density at radius 3 is 2.55 bits per heavy atom. The number of ether oxygens (including phenoxy) is 1. The number of nitrogens with one attached hydrogen (secondary N) is 1. The van der Waals surface area contributed by atoms with Crippen LogP contribution in [0.2, 0.25) is 0 Å². The second-order valence-corrected chi connectivity index (χ2v) is 10.6. The maximum Gasteiger partial charge on any atom is 0.323 e. The first-order chi connectivity index (χ1) is 18.4. The van der Waals surface area contributed by atoms with E-state index in [-0.39, 0.29) is 36.7 Å². The number of nitrogens with zero attached hydrogens (tertiary/aromatic N) is 1. The van der Waals surface area contributed by atoms with Gasteiger partial charge in [-0.15, -0.1) is 11.8 Å². The number of aliphatic carboxylic acids is 1. The summed E-state index contributed by atoms with van der Waals surface area (Å²) < 4.78 is 5.33. The van der Waals surface area contributed by atoms with Gasteiger partial charge < -0.3 is 14.7 Å². The highest BCUT2D eigenvalue weighted by Gasteiger charge is 2.35. The molecule has 0 bridgehead atoms. The van der Waals surface area contributed by atoms with Gasteiger partial charge in [0, 0.05) is 24.1 Å². The molecule has 4 rings (SSSR count). The molecule has 3 aromatic rings. The first kappa shape index (κ1) is 27.7. The molecule has 38 heavy (non-hydrogen) atoms. The molecule has 0 aliphatic carbocycles. The van der Waals surface area contributed by atoms with Crippen LogP contribution in [0.4, 0.5) is 0 Å². The number of carboxylic acid groups (broad SMARTS) is 1. The zero-order valence-electron chi connectivity index (χ0n) is 21.5. The highest BCUT2D eigenvalue weighted by Crippen LogP contribution is 2.35. The van der Waals surface area contributed by atoms with Gasteiger partial charge in [-0.2, -0.15) is 0 Å². The van der Waals surface area contributed by atoms with E-state index >= 15 is 0 Å². The Kier molecular flexibility index (Phi) is 9.79. The van der Waals surface area contributed by atoms with E-state index in [0.29, 0.717) is 25.1 Å². The minimum Gasteiger partial charge on any atom is -0.481 e. The van der Waals surface area contributed by atoms with Crippen molar-refractivity contribution in [1.29, 1.82) is 0 Å². The van der Waals surface area contributed by atoms with E-state index in [0.717, 1.165) is 21.9 Å². The molecule has 1 saturated heterocycles. The summed E-state index contributed by atoms with van der Waals surface area (Å²) in [6.45, 7) is 2.54. The molecule has 0 radical (unpaired) electrons. The van der Waals surface area contributed by atoms with Gasteiger partial charge in [-0.1, -0.05) is 66.7 Å². The number of esters is 1. The first-order valence-corrected chi connectivity index (χ1v) is 14.1. The third kappa shape index (κ3) is 7.36. The third-order valence-corrected chi connectivity index (χ3v) is 8.09. The minimum absolute atomic E-state index is 0.0190. The lowest BCUT2D eigenvalue weighted by atomic mass is 10.0. The van der Waals surface area contributed by atoms with Crippen LogP contribution >= 0.6 is 11.8 Å². The van der Waals surface area contributed by atoms with Crippen molar-refractivity contribution < 1.29 is 24.2 Å². The Balaban J connectivity index is 1.54. The summed E-state index contributed by atoms with van der Waals surface area (Å²) in [4.78, 5) is 39.5. The zero-order chi connectivity index (χ0) is 26.9. The van der Waals surface area contributed by atoms with E-state index in [1.54, 1.807) is 23.6 Å². The molecule has 1 heterocycles. The van der Waals surface area contributed by atoms with Gasteiger partial charge in [-0.05, 0) is 47.7 Å². The number of hydrogen-bond donors (Lipinski definition) is 2. The van der Waals surface area contributed by atoms with Crippen LogP contribution in [0, 0.1) is 0 Å². The Morgan fingerprint density at radius 2 is 1.82 bits per heavy atom. The molecule has 1 aliphatic rings. The van der Waals surface area contributed by atoms with Crippen molar-refractivity contribution in [3.63, 3.8) is 0 Å². The predicted molar refractivity (Wildman–Crippen MR) is 150 cm³/mol. The molecule has 2 N–H and O–H groups in total. The largest absolute Gasteiger partial charge is 0.481 e. The van der Waals surface area contributed by atoms with Crippen molar-refractivity contribution >= 4 is 40.4 Å². The minimum atomic E-state index is -0.950. The van der Waals surface area contributed by atoms with Crippen LogP contribution < -0.4 is 5.32 Å². The van der Waals surface area contributed by atoms with Gasteiger partial charge in [0.15, 0.2) is 0 Å². The monoisotopic (exact) mass is 534 g/mol. The lowest BCUT2D eigenvalue weighted by Crippen LogP contribution is -2.53. The van der Waals surface area contributed by atoms with Gasteiger partial charge in [0.05, 0.1) is 19.1 Å². The highest BCUT2D eigenvalue weighted by atomic mass is 32.2. The van der Waals surface area contributed by atoms with E-state index in [9.17, 15) is 19.5 Å². The van der Waals surface area contributed by atoms with Crippen LogP contribution in [0.3, 0.4) is 0 Å². The molecule has 1 amide bonds. The summed E-state index contributed by atoms with van der Waals surface area (Å²) in [5.41, 5.74) is 2.19. The molecule has 0 saturated carbocycles. The Bertz CT molecular complexity index is 1250. The number of carboxylic acids is 1. The smallest absolute Gasteiger partial charge is 0.323 e. The van der Waals surface area contributed by atoms with Gasteiger partial charge in [0.25, 0.3) is 0 Å². The van der Waals surface area contributed by atoms with E-state index in [2.05, 4.69) is 35.6 Å². The van der Waals surface area contributed by atoms with Crippen LogP contribution in [0.1, 0.15) is 36.1 Å². The number of carbonyl (C=O) groups excluding carboxylic acids is 2. The first-order valence-electron chi connectivity index (χ1n) is 13.0. The molecule has 1 fully saturated rings. The van der Waals surface area contributed by atoms with Crippen LogP contribution in [0.5, 0.6) is 0 Å². The molecule has 3 atom stereocenters. The lowest BCUT2D eigenvalue weighted by Gasteiger charge is -2.27. The molecule has 8 heteroatoms. The molecule has 3 unspecified atom stereocenters. The van der Waals surface area contributed by atoms with Crippen molar-refractivity contribution in [1.82, 2.24) is 10.2 Å². The van der Waals surface area contributed by atoms with E-state index in [1.807, 2.05) is 42.5 Å². The van der Waals surface area contributed by atoms with Crippen molar-refractivity contribution in [3.05, 3.63) is 83.9 Å². The normalized spacial score (nSPS) is 18.7. The summed E-state index contributed by atoms with van der Waals surface area (Å²) in [6, 6.07) is 23.0. The van der Waals surface area contributed by atoms with Gasteiger partial charge >= 0.3 is 11.9 Å². The predicted octanol–water partition coefficient (Wildman–Crippen LogP) is 4.45. The highest BCUT2D eigenvalue weighted by molar-refractivity contribution is 7.99. The fourth-order valence-corrected chi connectivity index (χ4v) is 6.01. The van der Waals surface area contributed by atoms with E-state index < -0.39 is 18.1 Å². The molecule has 1 aliphatic heterocycles. The summed E-state index contributed by atoms with van der Waals surface area (Å²) in [5, 5.41) is 14.8. The van der Waals surface area contributed by atoms with E-state index in [1.165, 1.54) is 0 Å². The van der Waals surface area contributed by atoms with Crippen molar-refractivity contribution in [2.45, 2.75) is 43.5 Å². The quantitative estimate of drug-likeness (QED) is 0.351. The van der Waals surface area contributed by atoms with Gasteiger partial charge in [0.2, 0.25) is 5.91 Å². The van der Waals surface area contributed by atoms with Crippen molar-refractivity contribution in [3.8, 4) is 0 Å². The SMILES string of the molecule is CCOC(=O)C(CCc1ccccc1)NC1CSC(c2ccc3ccccc3c2)CN(CCC(=O)O)C1=O. The Labute approximate surface area is 227 Å². The molecule has 0 spiro atoms. The van der Waals surface area contributed by atoms with Crippen LogP contribution in [0.15, 0.2) is 72.8 Å². The summed E-state index contributed by atoms with van der Waals surface area (Å²) >= 11 is 1.65. The zero-order valence-corrected chi connectivity index (χ0v) is 22.4. The van der Waals surface area contributed by atoms with Crippen LogP contribution in [0.25, 0.3) is 10.8 Å². The number of amides is 1. The van der Waals surface area contributed by atoms with Crippen molar-refractivity contribution in [2.75, 3.05) is 25.4 Å². The average molecular weight is 535 g/mol. The Morgan fingerprint density at radius 1 is 1.08 bits per heavy atom. The third-order valence-electron chi connectivity index (χ3n) is 6.74. The van der Waals surface area contributed by atoms with Gasteiger partial charge in [0.1, 0.15) is 6.04 Å². The number of benzene rings is 3. The van der Waals surface area contributed by atoms with Crippen LogP contribution in [-0.2, 0) is 25.5 Å².